The van der Waals surface area contributed by atoms with E-state index in [1.807, 2.05) is 0 Å². The summed E-state index contributed by atoms with van der Waals surface area (Å²) in [6.45, 7) is 1.66. The SMILES string of the molecule is COc1cc(O)c(C(C)=O)cc1NC(=O)NCCc1ccc(F)cc1. The minimum absolute atomic E-state index is 0.0856. The lowest BCUT2D eigenvalue weighted by Crippen LogP contribution is -2.30. The van der Waals surface area contributed by atoms with Gasteiger partial charge in [0.1, 0.15) is 17.3 Å². The first-order chi connectivity index (χ1) is 11.9. The number of aromatic hydroxyl groups is 1. The van der Waals surface area contributed by atoms with Crippen LogP contribution in [0.4, 0.5) is 14.9 Å². The summed E-state index contributed by atoms with van der Waals surface area (Å²) >= 11 is 0. The molecule has 0 atom stereocenters. The minimum atomic E-state index is -0.486. The fourth-order valence-electron chi connectivity index (χ4n) is 2.26. The molecule has 0 aliphatic rings. The lowest BCUT2D eigenvalue weighted by molar-refractivity contribution is 0.101. The molecule has 7 heteroatoms. The van der Waals surface area contributed by atoms with E-state index in [4.69, 9.17) is 4.74 Å². The van der Waals surface area contributed by atoms with Crippen LogP contribution < -0.4 is 15.4 Å². The molecular weight excluding hydrogens is 327 g/mol. The van der Waals surface area contributed by atoms with Crippen molar-refractivity contribution in [1.29, 1.82) is 0 Å². The van der Waals surface area contributed by atoms with Crippen molar-refractivity contribution in [2.45, 2.75) is 13.3 Å². The summed E-state index contributed by atoms with van der Waals surface area (Å²) in [4.78, 5) is 23.5. The largest absolute Gasteiger partial charge is 0.507 e. The molecule has 0 aromatic heterocycles. The van der Waals surface area contributed by atoms with Gasteiger partial charge in [-0.2, -0.15) is 0 Å². The van der Waals surface area contributed by atoms with Crippen molar-refractivity contribution < 1.29 is 23.8 Å². The van der Waals surface area contributed by atoms with Crippen LogP contribution >= 0.6 is 0 Å². The van der Waals surface area contributed by atoms with Crippen LogP contribution in [0, 0.1) is 5.82 Å². The second-order valence-electron chi connectivity index (χ2n) is 5.38. The van der Waals surface area contributed by atoms with E-state index >= 15 is 0 Å². The molecule has 3 N–H and O–H groups in total. The number of carbonyl (C=O) groups excluding carboxylic acids is 2. The lowest BCUT2D eigenvalue weighted by atomic mass is 10.1. The Morgan fingerprint density at radius 3 is 2.48 bits per heavy atom. The zero-order valence-electron chi connectivity index (χ0n) is 13.9. The lowest BCUT2D eigenvalue weighted by Gasteiger charge is -2.13. The van der Waals surface area contributed by atoms with Crippen molar-refractivity contribution >= 4 is 17.5 Å². The molecule has 0 unspecified atom stereocenters. The Morgan fingerprint density at radius 2 is 1.88 bits per heavy atom. The highest BCUT2D eigenvalue weighted by Crippen LogP contribution is 2.32. The number of Topliss-reactive ketones (excluding diaryl/α,β-unsaturated/α-hetero) is 1. The number of hydrogen-bond donors (Lipinski definition) is 3. The van der Waals surface area contributed by atoms with Gasteiger partial charge in [-0.15, -0.1) is 0 Å². The minimum Gasteiger partial charge on any atom is -0.507 e. The predicted molar refractivity (Wildman–Crippen MR) is 91.8 cm³/mol. The first-order valence-corrected chi connectivity index (χ1v) is 7.62. The van der Waals surface area contributed by atoms with Crippen LogP contribution in [-0.4, -0.2) is 30.6 Å². The van der Waals surface area contributed by atoms with Crippen molar-refractivity contribution in [2.24, 2.45) is 0 Å². The number of hydrogen-bond acceptors (Lipinski definition) is 4. The number of carbonyl (C=O) groups is 2. The van der Waals surface area contributed by atoms with Gasteiger partial charge in [-0.05, 0) is 37.1 Å². The van der Waals surface area contributed by atoms with Gasteiger partial charge in [-0.1, -0.05) is 12.1 Å². The number of ether oxygens (including phenoxy) is 1. The van der Waals surface area contributed by atoms with Crippen LogP contribution in [0.25, 0.3) is 0 Å². The van der Waals surface area contributed by atoms with Gasteiger partial charge in [0.2, 0.25) is 0 Å². The molecule has 0 heterocycles. The van der Waals surface area contributed by atoms with E-state index in [1.165, 1.54) is 38.3 Å². The quantitative estimate of drug-likeness (QED) is 0.554. The third-order valence-electron chi connectivity index (χ3n) is 3.56. The molecule has 2 aromatic rings. The zero-order valence-corrected chi connectivity index (χ0v) is 13.9. The summed E-state index contributed by atoms with van der Waals surface area (Å²) in [5.74, 6) is -0.627. The number of phenols is 1. The average molecular weight is 346 g/mol. The second-order valence-corrected chi connectivity index (χ2v) is 5.38. The zero-order chi connectivity index (χ0) is 18.4. The Labute approximate surface area is 144 Å². The average Bonchev–Trinajstić information content (AvgIpc) is 2.57. The molecule has 0 radical (unpaired) electrons. The van der Waals surface area contributed by atoms with E-state index < -0.39 is 6.03 Å². The standard InChI is InChI=1S/C18H19FN2O4/c1-11(22)14-9-15(17(25-2)10-16(14)23)21-18(24)20-8-7-12-3-5-13(19)6-4-12/h3-6,9-10,23H,7-8H2,1-2H3,(H2,20,21,24). The Balaban J connectivity index is 1.98. The van der Waals surface area contributed by atoms with E-state index in [0.717, 1.165) is 5.56 Å². The highest BCUT2D eigenvalue weighted by molar-refractivity contribution is 6.00. The van der Waals surface area contributed by atoms with E-state index in [-0.39, 0.29) is 34.4 Å². The summed E-state index contributed by atoms with van der Waals surface area (Å²) in [5.41, 5.74) is 1.25. The molecule has 0 bridgehead atoms. The topological polar surface area (TPSA) is 87.7 Å². The molecule has 25 heavy (non-hydrogen) atoms. The van der Waals surface area contributed by atoms with Crippen molar-refractivity contribution in [2.75, 3.05) is 19.0 Å². The van der Waals surface area contributed by atoms with Crippen molar-refractivity contribution in [3.63, 3.8) is 0 Å². The molecule has 0 spiro atoms. The number of rotatable bonds is 6. The molecule has 0 aliphatic heterocycles. The second kappa shape index (κ2) is 8.14. The molecule has 0 aliphatic carbocycles. The number of halogens is 1. The van der Waals surface area contributed by atoms with Crippen LogP contribution in [0.5, 0.6) is 11.5 Å². The fraction of sp³-hybridized carbons (Fsp3) is 0.222. The summed E-state index contributed by atoms with van der Waals surface area (Å²) in [5, 5.41) is 15.0. The van der Waals surface area contributed by atoms with Crippen LogP contribution in [0.15, 0.2) is 36.4 Å². The van der Waals surface area contributed by atoms with Gasteiger partial charge in [-0.3, -0.25) is 4.79 Å². The van der Waals surface area contributed by atoms with E-state index in [1.54, 1.807) is 12.1 Å². The van der Waals surface area contributed by atoms with Crippen molar-refractivity contribution in [3.8, 4) is 11.5 Å². The molecule has 2 aromatic carbocycles. The third kappa shape index (κ3) is 4.94. The van der Waals surface area contributed by atoms with Gasteiger partial charge in [-0.25, -0.2) is 9.18 Å². The predicted octanol–water partition coefficient (Wildman–Crippen LogP) is 3.11. The molecule has 0 saturated carbocycles. The molecule has 132 valence electrons. The molecule has 6 nitrogen and oxygen atoms in total. The summed E-state index contributed by atoms with van der Waals surface area (Å²) < 4.78 is 17.9. The smallest absolute Gasteiger partial charge is 0.319 e. The van der Waals surface area contributed by atoms with Gasteiger partial charge in [0.15, 0.2) is 5.78 Å². The van der Waals surface area contributed by atoms with Gasteiger partial charge < -0.3 is 20.5 Å². The maximum Gasteiger partial charge on any atom is 0.319 e. The van der Waals surface area contributed by atoms with Gasteiger partial charge in [0, 0.05) is 12.6 Å². The monoisotopic (exact) mass is 346 g/mol. The normalized spacial score (nSPS) is 10.2. The highest BCUT2D eigenvalue weighted by Gasteiger charge is 2.14. The van der Waals surface area contributed by atoms with E-state index in [0.29, 0.717) is 13.0 Å². The maximum atomic E-state index is 12.8. The Morgan fingerprint density at radius 1 is 1.20 bits per heavy atom. The van der Waals surface area contributed by atoms with E-state index in [9.17, 15) is 19.1 Å². The van der Waals surface area contributed by atoms with E-state index in [2.05, 4.69) is 10.6 Å². The first kappa shape index (κ1) is 18.3. The molecular formula is C18H19FN2O4. The number of phenolic OH excluding ortho intramolecular Hbond substituents is 1. The van der Waals surface area contributed by atoms with Crippen molar-refractivity contribution in [1.82, 2.24) is 5.32 Å². The Hall–Kier alpha value is -3.09. The molecule has 0 saturated heterocycles. The number of amides is 2. The van der Waals surface area contributed by atoms with Crippen LogP contribution in [0.1, 0.15) is 22.8 Å². The Kier molecular flexibility index (Phi) is 5.94. The first-order valence-electron chi connectivity index (χ1n) is 7.62. The van der Waals surface area contributed by atoms with Gasteiger partial charge in [0.25, 0.3) is 0 Å². The Bertz CT molecular complexity index is 775. The number of methoxy groups -OCH3 is 1. The molecule has 2 amide bonds. The highest BCUT2D eigenvalue weighted by atomic mass is 19.1. The number of nitrogens with one attached hydrogen (secondary N) is 2. The number of anilines is 1. The summed E-state index contributed by atoms with van der Waals surface area (Å²) in [7, 11) is 1.39. The maximum absolute atomic E-state index is 12.8. The van der Waals surface area contributed by atoms with Crippen LogP contribution in [-0.2, 0) is 6.42 Å². The summed E-state index contributed by atoms with van der Waals surface area (Å²) in [6, 6.07) is 8.16. The van der Waals surface area contributed by atoms with Gasteiger partial charge >= 0.3 is 6.03 Å². The number of benzene rings is 2. The van der Waals surface area contributed by atoms with Crippen molar-refractivity contribution in [3.05, 3.63) is 53.3 Å². The molecule has 0 fully saturated rings. The molecule has 2 rings (SSSR count). The van der Waals surface area contributed by atoms with Crippen LogP contribution in [0.2, 0.25) is 0 Å². The van der Waals surface area contributed by atoms with Gasteiger partial charge in [0.05, 0.1) is 18.4 Å². The fourth-order valence-corrected chi connectivity index (χ4v) is 2.26. The number of ketones is 1. The third-order valence-corrected chi connectivity index (χ3v) is 3.56. The summed E-state index contributed by atoms with van der Waals surface area (Å²) in [6.07, 6.45) is 0.541. The number of urea groups is 1. The van der Waals surface area contributed by atoms with Crippen LogP contribution in [0.3, 0.4) is 0 Å².